The Balaban J connectivity index is 2.16. The van der Waals surface area contributed by atoms with Crippen LogP contribution in [0.4, 0.5) is 0 Å². The minimum atomic E-state index is -0.975. The number of aromatic carboxylic acids is 1. The van der Waals surface area contributed by atoms with Gasteiger partial charge < -0.3 is 5.11 Å². The smallest absolute Gasteiger partial charge is 0.337 e. The van der Waals surface area contributed by atoms with Gasteiger partial charge in [0.1, 0.15) is 5.03 Å². The molecule has 0 saturated carbocycles. The third kappa shape index (κ3) is 3.22. The van der Waals surface area contributed by atoms with Crippen molar-refractivity contribution >= 4 is 29.3 Å². The van der Waals surface area contributed by atoms with E-state index in [1.165, 1.54) is 24.0 Å². The van der Waals surface area contributed by atoms with Crippen molar-refractivity contribution in [1.82, 2.24) is 4.98 Å². The van der Waals surface area contributed by atoms with Crippen LogP contribution in [0.25, 0.3) is 0 Å². The molecule has 0 spiro atoms. The van der Waals surface area contributed by atoms with Crippen molar-refractivity contribution in [3.8, 4) is 0 Å². The molecule has 3 nitrogen and oxygen atoms in total. The molecule has 2 aromatic rings. The van der Waals surface area contributed by atoms with E-state index in [1.54, 1.807) is 12.1 Å². The fraction of sp³-hybridized carbons (Fsp3) is 0. The second-order valence-electron chi connectivity index (χ2n) is 3.25. The number of hydrogen-bond acceptors (Lipinski definition) is 3. The summed E-state index contributed by atoms with van der Waals surface area (Å²) in [6.45, 7) is 0. The van der Waals surface area contributed by atoms with Gasteiger partial charge in [0.05, 0.1) is 5.56 Å². The molecular formula is C12H8ClNO2S. The third-order valence-corrected chi connectivity index (χ3v) is 3.18. The van der Waals surface area contributed by atoms with Crippen LogP contribution in [0.5, 0.6) is 0 Å². The van der Waals surface area contributed by atoms with Gasteiger partial charge in [-0.05, 0) is 30.3 Å². The maximum Gasteiger partial charge on any atom is 0.337 e. The van der Waals surface area contributed by atoms with Gasteiger partial charge in [0.15, 0.2) is 0 Å². The number of benzene rings is 1. The average Bonchev–Trinajstić information content (AvgIpc) is 2.29. The van der Waals surface area contributed by atoms with E-state index in [4.69, 9.17) is 16.7 Å². The Kier molecular flexibility index (Phi) is 3.66. The van der Waals surface area contributed by atoms with E-state index < -0.39 is 5.97 Å². The minimum absolute atomic E-state index is 0.181. The molecule has 0 amide bonds. The van der Waals surface area contributed by atoms with Gasteiger partial charge in [-0.1, -0.05) is 29.4 Å². The summed E-state index contributed by atoms with van der Waals surface area (Å²) in [4.78, 5) is 15.7. The fourth-order valence-electron chi connectivity index (χ4n) is 1.22. The van der Waals surface area contributed by atoms with Crippen molar-refractivity contribution in [2.24, 2.45) is 0 Å². The first-order chi connectivity index (χ1) is 8.15. The Labute approximate surface area is 107 Å². The predicted molar refractivity (Wildman–Crippen MR) is 66.8 cm³/mol. The molecule has 2 rings (SSSR count). The highest BCUT2D eigenvalue weighted by molar-refractivity contribution is 7.99. The highest BCUT2D eigenvalue weighted by Crippen LogP contribution is 2.27. The van der Waals surface area contributed by atoms with E-state index >= 15 is 0 Å². The van der Waals surface area contributed by atoms with Crippen LogP contribution in [0.3, 0.4) is 0 Å². The average molecular weight is 266 g/mol. The lowest BCUT2D eigenvalue weighted by Gasteiger charge is -2.01. The van der Waals surface area contributed by atoms with E-state index in [0.717, 1.165) is 9.92 Å². The number of rotatable bonds is 3. The van der Waals surface area contributed by atoms with Crippen molar-refractivity contribution in [2.45, 2.75) is 9.92 Å². The minimum Gasteiger partial charge on any atom is -0.478 e. The quantitative estimate of drug-likeness (QED) is 0.921. The van der Waals surface area contributed by atoms with Gasteiger partial charge in [-0.25, -0.2) is 9.78 Å². The van der Waals surface area contributed by atoms with E-state index in [-0.39, 0.29) is 5.56 Å². The number of pyridine rings is 1. The second-order valence-corrected chi connectivity index (χ2v) is 4.78. The lowest BCUT2D eigenvalue weighted by Crippen LogP contribution is -1.96. The van der Waals surface area contributed by atoms with Crippen molar-refractivity contribution in [3.63, 3.8) is 0 Å². The number of aromatic nitrogens is 1. The Bertz CT molecular complexity index is 542. The molecule has 0 aliphatic rings. The largest absolute Gasteiger partial charge is 0.478 e. The summed E-state index contributed by atoms with van der Waals surface area (Å²) in [5.41, 5.74) is 0.181. The Morgan fingerprint density at radius 1 is 1.29 bits per heavy atom. The van der Waals surface area contributed by atoms with Gasteiger partial charge >= 0.3 is 5.97 Å². The van der Waals surface area contributed by atoms with Crippen LogP contribution in [-0.2, 0) is 0 Å². The molecule has 1 N–H and O–H groups in total. The van der Waals surface area contributed by atoms with E-state index in [9.17, 15) is 4.79 Å². The normalized spacial score (nSPS) is 10.2. The molecule has 0 aliphatic heterocycles. The summed E-state index contributed by atoms with van der Waals surface area (Å²) in [6, 6.07) is 10.6. The van der Waals surface area contributed by atoms with Gasteiger partial charge in [0, 0.05) is 16.1 Å². The van der Waals surface area contributed by atoms with E-state index in [2.05, 4.69) is 4.98 Å². The van der Waals surface area contributed by atoms with Gasteiger partial charge in [-0.3, -0.25) is 0 Å². The van der Waals surface area contributed by atoms with Gasteiger partial charge in [0.2, 0.25) is 0 Å². The topological polar surface area (TPSA) is 50.2 Å². The number of carbonyl (C=O) groups is 1. The van der Waals surface area contributed by atoms with Crippen LogP contribution < -0.4 is 0 Å². The van der Waals surface area contributed by atoms with Crippen LogP contribution in [0.2, 0.25) is 5.02 Å². The first kappa shape index (κ1) is 12.0. The standard InChI is InChI=1S/C12H8ClNO2S/c13-9-2-1-3-10(6-9)17-11-5-4-8(7-14-11)12(15)16/h1-7H,(H,15,16). The van der Waals surface area contributed by atoms with Crippen LogP contribution in [0.15, 0.2) is 52.5 Å². The molecule has 0 atom stereocenters. The van der Waals surface area contributed by atoms with Crippen molar-refractivity contribution in [1.29, 1.82) is 0 Å². The molecule has 0 aliphatic carbocycles. The highest BCUT2D eigenvalue weighted by atomic mass is 35.5. The summed E-state index contributed by atoms with van der Waals surface area (Å²) in [5.74, 6) is -0.975. The van der Waals surface area contributed by atoms with Crippen molar-refractivity contribution in [2.75, 3.05) is 0 Å². The molecule has 1 aromatic carbocycles. The second kappa shape index (κ2) is 5.21. The molecule has 17 heavy (non-hydrogen) atoms. The third-order valence-electron chi connectivity index (χ3n) is 2.00. The number of carboxylic acid groups (broad SMARTS) is 1. The Morgan fingerprint density at radius 3 is 2.71 bits per heavy atom. The van der Waals surface area contributed by atoms with Crippen LogP contribution in [0, 0.1) is 0 Å². The molecule has 0 saturated heterocycles. The van der Waals surface area contributed by atoms with Crippen LogP contribution >= 0.6 is 23.4 Å². The summed E-state index contributed by atoms with van der Waals surface area (Å²) in [5, 5.41) is 10.1. The molecule has 1 aromatic heterocycles. The van der Waals surface area contributed by atoms with Crippen LogP contribution in [0.1, 0.15) is 10.4 Å². The monoisotopic (exact) mass is 265 g/mol. The van der Waals surface area contributed by atoms with E-state index in [1.807, 2.05) is 18.2 Å². The zero-order valence-electron chi connectivity index (χ0n) is 8.63. The molecule has 5 heteroatoms. The number of nitrogens with zero attached hydrogens (tertiary/aromatic N) is 1. The number of halogens is 1. The predicted octanol–water partition coefficient (Wildman–Crippen LogP) is 3.58. The summed E-state index contributed by atoms with van der Waals surface area (Å²) in [7, 11) is 0. The van der Waals surface area contributed by atoms with Gasteiger partial charge in [-0.15, -0.1) is 0 Å². The molecule has 0 bridgehead atoms. The lowest BCUT2D eigenvalue weighted by atomic mass is 10.3. The van der Waals surface area contributed by atoms with Crippen molar-refractivity contribution in [3.05, 3.63) is 53.2 Å². The molecular weight excluding hydrogens is 258 g/mol. The summed E-state index contributed by atoms with van der Waals surface area (Å²) >= 11 is 7.30. The maximum absolute atomic E-state index is 10.7. The first-order valence-corrected chi connectivity index (χ1v) is 5.97. The van der Waals surface area contributed by atoms with Gasteiger partial charge in [-0.2, -0.15) is 0 Å². The molecule has 0 radical (unpaired) electrons. The fourth-order valence-corrected chi connectivity index (χ4v) is 2.29. The van der Waals surface area contributed by atoms with Crippen molar-refractivity contribution < 1.29 is 9.90 Å². The zero-order valence-corrected chi connectivity index (χ0v) is 10.2. The summed E-state index contributed by atoms with van der Waals surface area (Å²) in [6.07, 6.45) is 1.34. The summed E-state index contributed by atoms with van der Waals surface area (Å²) < 4.78 is 0. The number of hydrogen-bond donors (Lipinski definition) is 1. The highest BCUT2D eigenvalue weighted by Gasteiger charge is 2.04. The SMILES string of the molecule is O=C(O)c1ccc(Sc2cccc(Cl)c2)nc1. The lowest BCUT2D eigenvalue weighted by molar-refractivity contribution is 0.0696. The Hall–Kier alpha value is -1.52. The van der Waals surface area contributed by atoms with Crippen LogP contribution in [-0.4, -0.2) is 16.1 Å². The number of carboxylic acids is 1. The molecule has 0 fully saturated rings. The maximum atomic E-state index is 10.7. The zero-order chi connectivity index (χ0) is 12.3. The Morgan fingerprint density at radius 2 is 2.12 bits per heavy atom. The van der Waals surface area contributed by atoms with E-state index in [0.29, 0.717) is 5.02 Å². The first-order valence-electron chi connectivity index (χ1n) is 4.78. The molecule has 0 unspecified atom stereocenters. The van der Waals surface area contributed by atoms with Gasteiger partial charge in [0.25, 0.3) is 0 Å². The molecule has 86 valence electrons. The molecule has 1 heterocycles.